The predicted molar refractivity (Wildman–Crippen MR) is 131 cm³/mol. The van der Waals surface area contributed by atoms with Gasteiger partial charge in [0, 0.05) is 50.6 Å². The van der Waals surface area contributed by atoms with Crippen molar-refractivity contribution in [3.63, 3.8) is 0 Å². The Morgan fingerprint density at radius 3 is 2.51 bits per heavy atom. The molecular formula is C25H26FN5O4. The third kappa shape index (κ3) is 4.16. The fourth-order valence-electron chi connectivity index (χ4n) is 4.56. The molecule has 1 aliphatic rings. The lowest BCUT2D eigenvalue weighted by Gasteiger charge is -2.36. The zero-order chi connectivity index (χ0) is 24.5. The summed E-state index contributed by atoms with van der Waals surface area (Å²) < 4.78 is 26.2. The van der Waals surface area contributed by atoms with Crippen LogP contribution in [0.2, 0.25) is 0 Å². The minimum atomic E-state index is -0.261. The van der Waals surface area contributed by atoms with E-state index in [0.29, 0.717) is 59.9 Å². The Morgan fingerprint density at radius 2 is 1.80 bits per heavy atom. The van der Waals surface area contributed by atoms with E-state index in [-0.39, 0.29) is 30.2 Å². The molecule has 0 bridgehead atoms. The molecule has 0 atom stereocenters. The number of methoxy groups -OCH3 is 2. The van der Waals surface area contributed by atoms with E-state index in [2.05, 4.69) is 9.97 Å². The fraction of sp³-hybridized carbons (Fsp3) is 0.320. The first kappa shape index (κ1) is 22.7. The summed E-state index contributed by atoms with van der Waals surface area (Å²) in [6, 6.07) is 10.2. The van der Waals surface area contributed by atoms with Crippen molar-refractivity contribution in [3.05, 3.63) is 58.9 Å². The molecule has 0 spiro atoms. The third-order valence-electron chi connectivity index (χ3n) is 6.47. The van der Waals surface area contributed by atoms with E-state index in [4.69, 9.17) is 9.47 Å². The molecule has 1 N–H and O–H groups in total. The van der Waals surface area contributed by atoms with E-state index in [1.807, 2.05) is 4.90 Å². The summed E-state index contributed by atoms with van der Waals surface area (Å²) >= 11 is 0. The molecule has 1 saturated heterocycles. The topological polar surface area (TPSA) is 92.7 Å². The van der Waals surface area contributed by atoms with Crippen LogP contribution in [0, 0.1) is 5.82 Å². The van der Waals surface area contributed by atoms with Gasteiger partial charge in [-0.3, -0.25) is 14.2 Å². The molecule has 1 fully saturated rings. The zero-order valence-corrected chi connectivity index (χ0v) is 19.6. The Kier molecular flexibility index (Phi) is 6.02. The number of amides is 1. The Hall–Kier alpha value is -4.08. The highest BCUT2D eigenvalue weighted by Gasteiger charge is 2.23. The van der Waals surface area contributed by atoms with Crippen LogP contribution in [0.15, 0.2) is 47.5 Å². The van der Waals surface area contributed by atoms with Crippen LogP contribution in [0.4, 0.5) is 10.1 Å². The predicted octanol–water partition coefficient (Wildman–Crippen LogP) is 2.77. The first-order valence-corrected chi connectivity index (χ1v) is 11.4. The number of hydrogen-bond donors (Lipinski definition) is 1. The number of aromatic nitrogens is 3. The van der Waals surface area contributed by atoms with Gasteiger partial charge in [-0.1, -0.05) is 12.1 Å². The zero-order valence-electron chi connectivity index (χ0n) is 19.6. The summed E-state index contributed by atoms with van der Waals surface area (Å²) in [4.78, 5) is 37.2. The van der Waals surface area contributed by atoms with Gasteiger partial charge < -0.3 is 24.3 Å². The highest BCUT2D eigenvalue weighted by molar-refractivity contribution is 6.05. The van der Waals surface area contributed by atoms with E-state index in [1.165, 1.54) is 17.0 Å². The summed E-state index contributed by atoms with van der Waals surface area (Å²) in [5.74, 6) is 0.792. The number of aromatic amines is 1. The quantitative estimate of drug-likeness (QED) is 0.457. The molecular weight excluding hydrogens is 453 g/mol. The summed E-state index contributed by atoms with van der Waals surface area (Å²) in [7, 11) is 3.10. The van der Waals surface area contributed by atoms with E-state index >= 15 is 0 Å². The number of fused-ring (bicyclic) bond motifs is 3. The number of aryl methyl sites for hydroxylation is 1. The summed E-state index contributed by atoms with van der Waals surface area (Å²) in [6.45, 7) is 2.34. The van der Waals surface area contributed by atoms with Gasteiger partial charge in [0.2, 0.25) is 5.91 Å². The van der Waals surface area contributed by atoms with Crippen molar-refractivity contribution >= 4 is 33.5 Å². The highest BCUT2D eigenvalue weighted by Crippen LogP contribution is 2.34. The van der Waals surface area contributed by atoms with Gasteiger partial charge in [-0.2, -0.15) is 0 Å². The van der Waals surface area contributed by atoms with Gasteiger partial charge in [-0.25, -0.2) is 9.37 Å². The Labute approximate surface area is 200 Å². The maximum Gasteiger partial charge on any atom is 0.277 e. The number of piperazine rings is 1. The number of H-pyrrole nitrogens is 1. The first-order valence-electron chi connectivity index (χ1n) is 11.4. The molecule has 3 heterocycles. The molecule has 2 aromatic carbocycles. The lowest BCUT2D eigenvalue weighted by Crippen LogP contribution is -2.49. The molecule has 5 rings (SSSR count). The maximum atomic E-state index is 14.1. The molecule has 182 valence electrons. The molecule has 0 saturated carbocycles. The molecule has 35 heavy (non-hydrogen) atoms. The lowest BCUT2D eigenvalue weighted by atomic mass is 10.2. The molecule has 9 nitrogen and oxygen atoms in total. The normalized spacial score (nSPS) is 14.0. The number of carbonyl (C=O) groups excluding carboxylic acids is 1. The third-order valence-corrected chi connectivity index (χ3v) is 6.47. The van der Waals surface area contributed by atoms with Crippen molar-refractivity contribution in [2.45, 2.75) is 13.0 Å². The van der Waals surface area contributed by atoms with Crippen molar-refractivity contribution in [1.29, 1.82) is 0 Å². The van der Waals surface area contributed by atoms with Crippen LogP contribution < -0.4 is 19.9 Å². The Balaban J connectivity index is 1.28. The smallest absolute Gasteiger partial charge is 0.277 e. The van der Waals surface area contributed by atoms with Gasteiger partial charge in [-0.05, 0) is 18.2 Å². The maximum absolute atomic E-state index is 14.1. The Morgan fingerprint density at radius 1 is 1.09 bits per heavy atom. The van der Waals surface area contributed by atoms with Crippen molar-refractivity contribution in [2.75, 3.05) is 45.3 Å². The average Bonchev–Trinajstić information content (AvgIpc) is 3.26. The molecule has 4 aromatic rings. The van der Waals surface area contributed by atoms with Gasteiger partial charge in [0.25, 0.3) is 5.56 Å². The lowest BCUT2D eigenvalue weighted by molar-refractivity contribution is -0.131. The van der Waals surface area contributed by atoms with E-state index in [9.17, 15) is 14.0 Å². The number of nitrogens with one attached hydrogen (secondary N) is 1. The van der Waals surface area contributed by atoms with E-state index in [0.717, 1.165) is 5.39 Å². The first-order chi connectivity index (χ1) is 17.0. The van der Waals surface area contributed by atoms with Gasteiger partial charge in [-0.15, -0.1) is 0 Å². The molecule has 2 aromatic heterocycles. The van der Waals surface area contributed by atoms with Crippen molar-refractivity contribution in [1.82, 2.24) is 19.4 Å². The average molecular weight is 480 g/mol. The minimum Gasteiger partial charge on any atom is -0.493 e. The van der Waals surface area contributed by atoms with Crippen LogP contribution in [0.25, 0.3) is 21.9 Å². The van der Waals surface area contributed by atoms with Crippen LogP contribution in [0.5, 0.6) is 11.5 Å². The van der Waals surface area contributed by atoms with Crippen molar-refractivity contribution < 1.29 is 18.7 Å². The number of nitrogens with zero attached hydrogens (tertiary/aromatic N) is 4. The molecule has 0 radical (unpaired) electrons. The SMILES string of the molecule is COc1cc2[nH]c3c(=O)n(CCC(=O)N4CCN(c5ccccc5F)CC4)cnc3c2cc1OC. The second kappa shape index (κ2) is 9.28. The number of ether oxygens (including phenoxy) is 2. The number of hydrogen-bond acceptors (Lipinski definition) is 6. The van der Waals surface area contributed by atoms with E-state index < -0.39 is 0 Å². The Bertz CT molecular complexity index is 1460. The summed E-state index contributed by atoms with van der Waals surface area (Å²) in [6.07, 6.45) is 1.65. The van der Waals surface area contributed by atoms with Crippen molar-refractivity contribution in [2.24, 2.45) is 0 Å². The van der Waals surface area contributed by atoms with Gasteiger partial charge in [0.15, 0.2) is 11.5 Å². The van der Waals surface area contributed by atoms with Gasteiger partial charge >= 0.3 is 0 Å². The van der Waals surface area contributed by atoms with Gasteiger partial charge in [0.1, 0.15) is 16.9 Å². The molecule has 1 amide bonds. The number of rotatable bonds is 6. The van der Waals surface area contributed by atoms with Crippen LogP contribution in [0.3, 0.4) is 0 Å². The van der Waals surface area contributed by atoms with Crippen LogP contribution in [-0.4, -0.2) is 65.7 Å². The molecule has 0 unspecified atom stereocenters. The van der Waals surface area contributed by atoms with E-state index in [1.54, 1.807) is 49.5 Å². The molecule has 1 aliphatic heterocycles. The minimum absolute atomic E-state index is 0.0451. The van der Waals surface area contributed by atoms with Crippen LogP contribution >= 0.6 is 0 Å². The summed E-state index contributed by atoms with van der Waals surface area (Å²) in [5.41, 5.74) is 1.92. The van der Waals surface area contributed by atoms with Gasteiger partial charge in [0.05, 0.1) is 31.8 Å². The largest absolute Gasteiger partial charge is 0.493 e. The number of halogens is 1. The number of anilines is 1. The monoisotopic (exact) mass is 479 g/mol. The molecule has 0 aliphatic carbocycles. The fourth-order valence-corrected chi connectivity index (χ4v) is 4.56. The standard InChI is InChI=1S/C25H26FN5O4/c1-34-20-13-16-18(14-21(20)35-2)28-24-23(16)27-15-31(25(24)33)8-7-22(32)30-11-9-29(10-12-30)19-6-4-3-5-17(19)26/h3-6,13-15,28H,7-12H2,1-2H3. The van der Waals surface area contributed by atoms with Crippen LogP contribution in [-0.2, 0) is 11.3 Å². The van der Waals surface area contributed by atoms with Crippen molar-refractivity contribution in [3.8, 4) is 11.5 Å². The number of para-hydroxylation sites is 1. The second-order valence-electron chi connectivity index (χ2n) is 8.41. The van der Waals surface area contributed by atoms with Crippen LogP contribution in [0.1, 0.15) is 6.42 Å². The highest BCUT2D eigenvalue weighted by atomic mass is 19.1. The summed E-state index contributed by atoms with van der Waals surface area (Å²) in [5, 5.41) is 0.755. The second-order valence-corrected chi connectivity index (χ2v) is 8.41. The number of carbonyl (C=O) groups is 1. The number of benzene rings is 2. The molecule has 10 heteroatoms.